The lowest BCUT2D eigenvalue weighted by Gasteiger charge is -2.26. The van der Waals surface area contributed by atoms with Gasteiger partial charge in [0.1, 0.15) is 5.75 Å². The summed E-state index contributed by atoms with van der Waals surface area (Å²) in [6, 6.07) is 11.7. The van der Waals surface area contributed by atoms with E-state index in [0.29, 0.717) is 18.7 Å². The van der Waals surface area contributed by atoms with E-state index in [0.717, 1.165) is 6.42 Å². The molecule has 2 aromatic rings. The third-order valence-electron chi connectivity index (χ3n) is 3.61. The molecule has 0 saturated carbocycles. The van der Waals surface area contributed by atoms with Crippen molar-refractivity contribution in [3.63, 3.8) is 0 Å². The Morgan fingerprint density at radius 1 is 1.19 bits per heavy atom. The van der Waals surface area contributed by atoms with Crippen molar-refractivity contribution in [2.75, 3.05) is 13.1 Å². The number of amides is 1. The molecule has 0 saturated heterocycles. The van der Waals surface area contributed by atoms with Gasteiger partial charge in [-0.3, -0.25) is 9.78 Å². The molecule has 4 nitrogen and oxygen atoms in total. The van der Waals surface area contributed by atoms with Crippen molar-refractivity contribution in [2.45, 2.75) is 6.42 Å². The first-order chi connectivity index (χ1) is 10.2. The normalized spacial score (nSPS) is 14.7. The Morgan fingerprint density at radius 3 is 2.67 bits per heavy atom. The molecule has 0 aliphatic carbocycles. The molecule has 106 valence electrons. The summed E-state index contributed by atoms with van der Waals surface area (Å²) in [5.41, 5.74) is 2.91. The van der Waals surface area contributed by atoms with Crippen LogP contribution in [0.3, 0.4) is 0 Å². The molecular formula is C17H16N2O2. The summed E-state index contributed by atoms with van der Waals surface area (Å²) in [5.74, 6) is -0.0832. The zero-order valence-electron chi connectivity index (χ0n) is 11.6. The number of rotatable bonds is 2. The van der Waals surface area contributed by atoms with Gasteiger partial charge >= 0.3 is 0 Å². The Kier molecular flexibility index (Phi) is 3.69. The van der Waals surface area contributed by atoms with Gasteiger partial charge in [-0.15, -0.1) is 0 Å². The monoisotopic (exact) mass is 280 g/mol. The molecule has 0 bridgehead atoms. The van der Waals surface area contributed by atoms with Gasteiger partial charge in [0.25, 0.3) is 5.91 Å². The lowest BCUT2D eigenvalue weighted by atomic mass is 9.99. The molecule has 1 N–H and O–H groups in total. The summed E-state index contributed by atoms with van der Waals surface area (Å²) in [6.45, 7) is 1.26. The van der Waals surface area contributed by atoms with E-state index in [1.165, 1.54) is 29.6 Å². The summed E-state index contributed by atoms with van der Waals surface area (Å²) >= 11 is 0. The molecule has 21 heavy (non-hydrogen) atoms. The van der Waals surface area contributed by atoms with Crippen molar-refractivity contribution in [2.24, 2.45) is 0 Å². The number of carbonyl (C=O) groups excluding carboxylic acids is 1. The number of pyridine rings is 1. The maximum atomic E-state index is 12.3. The first-order valence-electron chi connectivity index (χ1n) is 6.92. The second-order valence-electron chi connectivity index (χ2n) is 5.03. The molecule has 1 aromatic heterocycles. The highest BCUT2D eigenvalue weighted by molar-refractivity contribution is 5.94. The van der Waals surface area contributed by atoms with Crippen LogP contribution in [-0.2, 0) is 0 Å². The zero-order chi connectivity index (χ0) is 14.7. The molecule has 1 aliphatic heterocycles. The predicted octanol–water partition coefficient (Wildman–Crippen LogP) is 2.72. The number of aromatic nitrogens is 1. The van der Waals surface area contributed by atoms with Crippen LogP contribution in [0.25, 0.3) is 5.57 Å². The van der Waals surface area contributed by atoms with Crippen molar-refractivity contribution in [3.8, 4) is 5.75 Å². The SMILES string of the molecule is O=C(c1cncc(O)c1)N1CC=C(c2ccccc2)CC1. The number of nitrogens with zero attached hydrogens (tertiary/aromatic N) is 2. The molecule has 1 aromatic carbocycles. The molecule has 4 heteroatoms. The van der Waals surface area contributed by atoms with E-state index in [1.807, 2.05) is 18.2 Å². The molecule has 0 spiro atoms. The fourth-order valence-corrected chi connectivity index (χ4v) is 2.50. The van der Waals surface area contributed by atoms with Gasteiger partial charge in [0, 0.05) is 19.3 Å². The highest BCUT2D eigenvalue weighted by Gasteiger charge is 2.19. The number of carbonyl (C=O) groups is 1. The first kappa shape index (κ1) is 13.4. The summed E-state index contributed by atoms with van der Waals surface area (Å²) in [4.78, 5) is 18.0. The molecule has 1 amide bonds. The molecule has 3 rings (SSSR count). The highest BCUT2D eigenvalue weighted by atomic mass is 16.3. The average molecular weight is 280 g/mol. The Morgan fingerprint density at radius 2 is 2.00 bits per heavy atom. The number of aromatic hydroxyl groups is 1. The van der Waals surface area contributed by atoms with Crippen LogP contribution in [0.15, 0.2) is 54.9 Å². The van der Waals surface area contributed by atoms with Crippen LogP contribution in [-0.4, -0.2) is 34.0 Å². The number of hydrogen-bond acceptors (Lipinski definition) is 3. The molecule has 1 aliphatic rings. The lowest BCUT2D eigenvalue weighted by Crippen LogP contribution is -2.34. The minimum absolute atomic E-state index is 0.0124. The minimum Gasteiger partial charge on any atom is -0.506 e. The first-order valence-corrected chi connectivity index (χ1v) is 6.92. The molecule has 0 atom stereocenters. The molecule has 2 heterocycles. The second-order valence-corrected chi connectivity index (χ2v) is 5.03. The van der Waals surface area contributed by atoms with Crippen LogP contribution in [0.2, 0.25) is 0 Å². The van der Waals surface area contributed by atoms with Crippen LogP contribution in [0.5, 0.6) is 5.75 Å². The van der Waals surface area contributed by atoms with E-state index >= 15 is 0 Å². The average Bonchev–Trinajstić information content (AvgIpc) is 2.55. The quantitative estimate of drug-likeness (QED) is 0.920. The van der Waals surface area contributed by atoms with E-state index < -0.39 is 0 Å². The summed E-state index contributed by atoms with van der Waals surface area (Å²) in [6.07, 6.45) is 5.73. The summed E-state index contributed by atoms with van der Waals surface area (Å²) in [7, 11) is 0. The molecule has 0 fully saturated rings. The smallest absolute Gasteiger partial charge is 0.255 e. The summed E-state index contributed by atoms with van der Waals surface area (Å²) in [5, 5.41) is 9.41. The van der Waals surface area contributed by atoms with E-state index in [2.05, 4.69) is 23.2 Å². The third-order valence-corrected chi connectivity index (χ3v) is 3.61. The fraction of sp³-hybridized carbons (Fsp3) is 0.176. The maximum Gasteiger partial charge on any atom is 0.255 e. The number of hydrogen-bond donors (Lipinski definition) is 1. The van der Waals surface area contributed by atoms with E-state index in [4.69, 9.17) is 0 Å². The van der Waals surface area contributed by atoms with Crippen LogP contribution in [0.4, 0.5) is 0 Å². The minimum atomic E-state index is -0.0956. The third kappa shape index (κ3) is 2.94. The Bertz CT molecular complexity index is 680. The van der Waals surface area contributed by atoms with Crippen molar-refractivity contribution in [1.29, 1.82) is 0 Å². The number of benzene rings is 1. The van der Waals surface area contributed by atoms with Gasteiger partial charge in [0.15, 0.2) is 0 Å². The predicted molar refractivity (Wildman–Crippen MR) is 80.8 cm³/mol. The van der Waals surface area contributed by atoms with E-state index in [1.54, 1.807) is 4.90 Å². The van der Waals surface area contributed by atoms with E-state index in [9.17, 15) is 9.90 Å². The molecular weight excluding hydrogens is 264 g/mol. The topological polar surface area (TPSA) is 53.4 Å². The Hall–Kier alpha value is -2.62. The van der Waals surface area contributed by atoms with Gasteiger partial charge in [0.2, 0.25) is 0 Å². The second kappa shape index (κ2) is 5.79. The van der Waals surface area contributed by atoms with Gasteiger partial charge in [0.05, 0.1) is 11.8 Å². The Balaban J connectivity index is 1.73. The van der Waals surface area contributed by atoms with Gasteiger partial charge in [-0.1, -0.05) is 36.4 Å². The van der Waals surface area contributed by atoms with Gasteiger partial charge in [-0.25, -0.2) is 0 Å². The van der Waals surface area contributed by atoms with Crippen LogP contribution < -0.4 is 0 Å². The van der Waals surface area contributed by atoms with Gasteiger partial charge < -0.3 is 10.0 Å². The Labute approximate surface area is 123 Å². The standard InChI is InChI=1S/C17H16N2O2/c20-16-10-15(11-18-12-16)17(21)19-8-6-14(7-9-19)13-4-2-1-3-5-13/h1-6,10-12,20H,7-9H2. The van der Waals surface area contributed by atoms with Crippen LogP contribution >= 0.6 is 0 Å². The van der Waals surface area contributed by atoms with Gasteiger partial charge in [-0.2, -0.15) is 0 Å². The molecule has 0 unspecified atom stereocenters. The highest BCUT2D eigenvalue weighted by Crippen LogP contribution is 2.23. The molecule has 0 radical (unpaired) electrons. The fourth-order valence-electron chi connectivity index (χ4n) is 2.50. The van der Waals surface area contributed by atoms with Crippen molar-refractivity contribution in [3.05, 3.63) is 66.0 Å². The van der Waals surface area contributed by atoms with Gasteiger partial charge in [-0.05, 0) is 23.6 Å². The van der Waals surface area contributed by atoms with Crippen molar-refractivity contribution >= 4 is 11.5 Å². The lowest BCUT2D eigenvalue weighted by molar-refractivity contribution is 0.0772. The van der Waals surface area contributed by atoms with Crippen LogP contribution in [0, 0.1) is 0 Å². The summed E-state index contributed by atoms with van der Waals surface area (Å²) < 4.78 is 0. The van der Waals surface area contributed by atoms with Crippen LogP contribution in [0.1, 0.15) is 22.3 Å². The van der Waals surface area contributed by atoms with Crippen molar-refractivity contribution < 1.29 is 9.90 Å². The largest absolute Gasteiger partial charge is 0.506 e. The van der Waals surface area contributed by atoms with Crippen molar-refractivity contribution in [1.82, 2.24) is 9.88 Å². The maximum absolute atomic E-state index is 12.3. The van der Waals surface area contributed by atoms with E-state index in [-0.39, 0.29) is 11.7 Å². The zero-order valence-corrected chi connectivity index (χ0v) is 11.6.